The smallest absolute Gasteiger partial charge is 0.258 e. The van der Waals surface area contributed by atoms with Crippen molar-refractivity contribution in [2.24, 2.45) is 0 Å². The lowest BCUT2D eigenvalue weighted by molar-refractivity contribution is 0.0975. The molecule has 1 unspecified atom stereocenters. The molecule has 3 rings (SSSR count). The predicted molar refractivity (Wildman–Crippen MR) is 82.2 cm³/mol. The molecule has 0 aromatic heterocycles. The van der Waals surface area contributed by atoms with Crippen LogP contribution in [0.4, 0.5) is 5.69 Å². The highest BCUT2D eigenvalue weighted by Crippen LogP contribution is 2.31. The van der Waals surface area contributed by atoms with E-state index in [1.54, 1.807) is 0 Å². The van der Waals surface area contributed by atoms with Crippen LogP contribution >= 0.6 is 0 Å². The van der Waals surface area contributed by atoms with Gasteiger partial charge in [0.2, 0.25) is 0 Å². The van der Waals surface area contributed by atoms with Gasteiger partial charge in [-0.25, -0.2) is 0 Å². The summed E-state index contributed by atoms with van der Waals surface area (Å²) in [6, 6.07) is 16.3. The number of anilines is 1. The molecule has 0 fully saturated rings. The molecule has 1 amide bonds. The van der Waals surface area contributed by atoms with E-state index in [9.17, 15) is 4.79 Å². The molecule has 0 radical (unpaired) electrons. The minimum Gasteiger partial charge on any atom is -0.305 e. The second-order valence-electron chi connectivity index (χ2n) is 5.56. The van der Waals surface area contributed by atoms with Crippen molar-refractivity contribution < 1.29 is 4.79 Å². The molecule has 0 saturated carbocycles. The Morgan fingerprint density at radius 1 is 1.15 bits per heavy atom. The maximum Gasteiger partial charge on any atom is 0.258 e. The van der Waals surface area contributed by atoms with Gasteiger partial charge in [-0.3, -0.25) is 4.79 Å². The lowest BCUT2D eigenvalue weighted by Crippen LogP contribution is -2.42. The second kappa shape index (κ2) is 5.12. The average Bonchev–Trinajstić information content (AvgIpc) is 2.46. The van der Waals surface area contributed by atoms with Crippen molar-refractivity contribution >= 4 is 11.6 Å². The number of aryl methyl sites for hydroxylation is 2. The number of benzene rings is 2. The van der Waals surface area contributed by atoms with E-state index in [-0.39, 0.29) is 11.9 Å². The van der Waals surface area contributed by atoms with Gasteiger partial charge in [0.15, 0.2) is 0 Å². The number of rotatable bonds is 1. The van der Waals surface area contributed by atoms with Gasteiger partial charge in [0.1, 0.15) is 0 Å². The van der Waals surface area contributed by atoms with E-state index in [1.807, 2.05) is 48.2 Å². The number of para-hydroxylation sites is 1. The lowest BCUT2D eigenvalue weighted by atomic mass is 9.95. The van der Waals surface area contributed by atoms with Gasteiger partial charge in [-0.1, -0.05) is 35.9 Å². The molecule has 2 aromatic carbocycles. The molecule has 2 nitrogen and oxygen atoms in total. The number of hydrogen-bond acceptors (Lipinski definition) is 1. The summed E-state index contributed by atoms with van der Waals surface area (Å²) < 4.78 is 0. The zero-order chi connectivity index (χ0) is 14.1. The molecule has 0 saturated heterocycles. The first-order valence-corrected chi connectivity index (χ1v) is 7.15. The fourth-order valence-corrected chi connectivity index (χ4v) is 2.91. The Morgan fingerprint density at radius 3 is 2.75 bits per heavy atom. The average molecular weight is 265 g/mol. The SMILES string of the molecule is Cc1cccc(C(=O)N2c3ccccc3CCC2C)c1. The van der Waals surface area contributed by atoms with E-state index >= 15 is 0 Å². The molecule has 0 bridgehead atoms. The quantitative estimate of drug-likeness (QED) is 0.764. The summed E-state index contributed by atoms with van der Waals surface area (Å²) in [5, 5.41) is 0. The van der Waals surface area contributed by atoms with Crippen molar-refractivity contribution in [1.82, 2.24) is 0 Å². The van der Waals surface area contributed by atoms with E-state index in [4.69, 9.17) is 0 Å². The molecule has 1 aliphatic rings. The predicted octanol–water partition coefficient (Wildman–Crippen LogP) is 3.98. The number of amides is 1. The second-order valence-corrected chi connectivity index (χ2v) is 5.56. The van der Waals surface area contributed by atoms with Gasteiger partial charge >= 0.3 is 0 Å². The highest BCUT2D eigenvalue weighted by molar-refractivity contribution is 6.07. The molecule has 0 spiro atoms. The Bertz CT molecular complexity index is 647. The van der Waals surface area contributed by atoms with Gasteiger partial charge in [0, 0.05) is 17.3 Å². The zero-order valence-corrected chi connectivity index (χ0v) is 12.0. The van der Waals surface area contributed by atoms with Gasteiger partial charge in [0.05, 0.1) is 0 Å². The molecule has 1 heterocycles. The Kier molecular flexibility index (Phi) is 3.31. The van der Waals surface area contributed by atoms with Crippen LogP contribution in [-0.4, -0.2) is 11.9 Å². The standard InChI is InChI=1S/C18H19NO/c1-13-6-5-8-16(12-13)18(20)19-14(2)10-11-15-7-3-4-9-17(15)19/h3-9,12,14H,10-11H2,1-2H3. The molecule has 2 aromatic rings. The van der Waals surface area contributed by atoms with Gasteiger partial charge in [-0.05, 0) is 50.5 Å². The molecule has 1 atom stereocenters. The number of carbonyl (C=O) groups excluding carboxylic acids is 1. The number of fused-ring (bicyclic) bond motifs is 1. The summed E-state index contributed by atoms with van der Waals surface area (Å²) in [6.07, 6.45) is 2.07. The molecule has 2 heteroatoms. The third kappa shape index (κ3) is 2.22. The fraction of sp³-hybridized carbons (Fsp3) is 0.278. The Labute approximate surface area is 120 Å². The van der Waals surface area contributed by atoms with Crippen molar-refractivity contribution in [3.63, 3.8) is 0 Å². The maximum atomic E-state index is 12.9. The van der Waals surface area contributed by atoms with E-state index in [0.29, 0.717) is 0 Å². The van der Waals surface area contributed by atoms with Crippen LogP contribution in [0.2, 0.25) is 0 Å². The summed E-state index contributed by atoms with van der Waals surface area (Å²) in [4.78, 5) is 14.8. The van der Waals surface area contributed by atoms with Crippen LogP contribution in [0.25, 0.3) is 0 Å². The van der Waals surface area contributed by atoms with Crippen molar-refractivity contribution in [1.29, 1.82) is 0 Å². The highest BCUT2D eigenvalue weighted by Gasteiger charge is 2.28. The Hall–Kier alpha value is -2.09. The minimum atomic E-state index is 0.105. The first-order chi connectivity index (χ1) is 9.66. The summed E-state index contributed by atoms with van der Waals surface area (Å²) in [5.41, 5.74) is 4.23. The van der Waals surface area contributed by atoms with Crippen LogP contribution in [0.3, 0.4) is 0 Å². The van der Waals surface area contributed by atoms with Crippen LogP contribution in [0.5, 0.6) is 0 Å². The van der Waals surface area contributed by atoms with Gasteiger partial charge in [-0.2, -0.15) is 0 Å². The lowest BCUT2D eigenvalue weighted by Gasteiger charge is -2.35. The number of carbonyl (C=O) groups is 1. The number of hydrogen-bond donors (Lipinski definition) is 0. The first kappa shape index (κ1) is 12.9. The monoisotopic (exact) mass is 265 g/mol. The summed E-state index contributed by atoms with van der Waals surface area (Å²) in [6.45, 7) is 4.15. The molecular formula is C18H19NO. The van der Waals surface area contributed by atoms with Crippen LogP contribution in [0.1, 0.15) is 34.8 Å². The zero-order valence-electron chi connectivity index (χ0n) is 12.0. The van der Waals surface area contributed by atoms with Gasteiger partial charge in [-0.15, -0.1) is 0 Å². The first-order valence-electron chi connectivity index (χ1n) is 7.15. The van der Waals surface area contributed by atoms with Gasteiger partial charge in [0.25, 0.3) is 5.91 Å². The van der Waals surface area contributed by atoms with Crippen LogP contribution in [-0.2, 0) is 6.42 Å². The van der Waals surface area contributed by atoms with Crippen molar-refractivity contribution in [2.75, 3.05) is 4.90 Å². The van der Waals surface area contributed by atoms with Crippen molar-refractivity contribution in [3.8, 4) is 0 Å². The summed E-state index contributed by atoms with van der Waals surface area (Å²) >= 11 is 0. The summed E-state index contributed by atoms with van der Waals surface area (Å²) in [5.74, 6) is 0.105. The van der Waals surface area contributed by atoms with E-state index < -0.39 is 0 Å². The molecule has 0 N–H and O–H groups in total. The molecule has 102 valence electrons. The van der Waals surface area contributed by atoms with E-state index in [0.717, 1.165) is 29.7 Å². The summed E-state index contributed by atoms with van der Waals surface area (Å²) in [7, 11) is 0. The third-order valence-electron chi connectivity index (χ3n) is 4.01. The molecule has 1 aliphatic heterocycles. The minimum absolute atomic E-state index is 0.105. The largest absolute Gasteiger partial charge is 0.305 e. The Balaban J connectivity index is 2.03. The van der Waals surface area contributed by atoms with E-state index in [1.165, 1.54) is 5.56 Å². The van der Waals surface area contributed by atoms with Crippen molar-refractivity contribution in [2.45, 2.75) is 32.7 Å². The number of nitrogens with zero attached hydrogens (tertiary/aromatic N) is 1. The topological polar surface area (TPSA) is 20.3 Å². The third-order valence-corrected chi connectivity index (χ3v) is 4.01. The maximum absolute atomic E-state index is 12.9. The van der Waals surface area contributed by atoms with E-state index in [2.05, 4.69) is 19.1 Å². The van der Waals surface area contributed by atoms with Crippen LogP contribution in [0.15, 0.2) is 48.5 Å². The molecular weight excluding hydrogens is 246 g/mol. The van der Waals surface area contributed by atoms with Gasteiger partial charge < -0.3 is 4.90 Å². The fourth-order valence-electron chi connectivity index (χ4n) is 2.91. The molecule has 20 heavy (non-hydrogen) atoms. The normalized spacial score (nSPS) is 17.7. The highest BCUT2D eigenvalue weighted by atomic mass is 16.2. The van der Waals surface area contributed by atoms with Crippen LogP contribution < -0.4 is 4.90 Å². The molecule has 0 aliphatic carbocycles. The van der Waals surface area contributed by atoms with Crippen LogP contribution in [0, 0.1) is 6.92 Å². The van der Waals surface area contributed by atoms with Crippen molar-refractivity contribution in [3.05, 3.63) is 65.2 Å². The Morgan fingerprint density at radius 2 is 1.95 bits per heavy atom.